The fourth-order valence-corrected chi connectivity index (χ4v) is 4.57. The summed E-state index contributed by atoms with van der Waals surface area (Å²) in [5, 5.41) is 2.74. The third-order valence-corrected chi connectivity index (χ3v) is 5.53. The molecule has 0 bridgehead atoms. The molecule has 0 amide bonds. The number of hydrogen-bond donors (Lipinski definition) is 0. The van der Waals surface area contributed by atoms with Crippen LogP contribution in [0.15, 0.2) is 78.4 Å². The molecule has 26 heavy (non-hydrogen) atoms. The van der Waals surface area contributed by atoms with Crippen LogP contribution in [0.1, 0.15) is 39.7 Å². The first kappa shape index (κ1) is 18.7. The lowest BCUT2D eigenvalue weighted by molar-refractivity contribution is 0.413. The van der Waals surface area contributed by atoms with Crippen LogP contribution in [0.2, 0.25) is 0 Å². The van der Waals surface area contributed by atoms with Crippen molar-refractivity contribution < 1.29 is 0 Å². The van der Waals surface area contributed by atoms with Crippen molar-refractivity contribution in [3.63, 3.8) is 0 Å². The van der Waals surface area contributed by atoms with E-state index in [1.165, 1.54) is 36.9 Å². The molecular weight excluding hydrogens is 332 g/mol. The van der Waals surface area contributed by atoms with Crippen LogP contribution >= 0.6 is 11.3 Å². The van der Waals surface area contributed by atoms with Gasteiger partial charge in [0.1, 0.15) is 0 Å². The molecule has 0 radical (unpaired) electrons. The molecule has 0 saturated carbocycles. The normalized spacial score (nSPS) is 13.2. The molecule has 0 N–H and O–H groups in total. The Bertz CT molecular complexity index is 990. The van der Waals surface area contributed by atoms with E-state index >= 15 is 0 Å². The monoisotopic (exact) mass is 360 g/mol. The number of allylic oxidation sites excluding steroid dienone is 5. The van der Waals surface area contributed by atoms with Crippen LogP contribution in [0.25, 0.3) is 20.2 Å². The smallest absolute Gasteiger partial charge is 0.0355 e. The number of hydrogen-bond acceptors (Lipinski definition) is 1. The van der Waals surface area contributed by atoms with Crippen LogP contribution in [0.5, 0.6) is 0 Å². The largest absolute Gasteiger partial charge is 0.135 e. The van der Waals surface area contributed by atoms with Crippen molar-refractivity contribution in [2.75, 3.05) is 0 Å². The van der Waals surface area contributed by atoms with E-state index in [0.29, 0.717) is 0 Å². The number of fused-ring (bicyclic) bond motifs is 3. The minimum absolute atomic E-state index is 0.267. The van der Waals surface area contributed by atoms with Gasteiger partial charge >= 0.3 is 0 Å². The van der Waals surface area contributed by atoms with E-state index in [-0.39, 0.29) is 5.41 Å². The average molecular weight is 361 g/mol. The molecule has 3 aromatic rings. The van der Waals surface area contributed by atoms with Crippen molar-refractivity contribution in [3.8, 4) is 0 Å². The molecule has 3 rings (SSSR count). The molecule has 0 spiro atoms. The Labute approximate surface area is 161 Å². The zero-order valence-electron chi connectivity index (χ0n) is 16.3. The first-order chi connectivity index (χ1) is 12.4. The van der Waals surface area contributed by atoms with Gasteiger partial charge in [0.2, 0.25) is 0 Å². The predicted octanol–water partition coefficient (Wildman–Crippen LogP) is 8.09. The topological polar surface area (TPSA) is 0 Å². The molecule has 0 aliphatic carbocycles. The van der Waals surface area contributed by atoms with E-state index in [1.54, 1.807) is 0 Å². The number of thiophene rings is 1. The lowest BCUT2D eigenvalue weighted by Gasteiger charge is -2.18. The Morgan fingerprint density at radius 1 is 1.04 bits per heavy atom. The Morgan fingerprint density at radius 2 is 1.77 bits per heavy atom. The predicted molar refractivity (Wildman–Crippen MR) is 119 cm³/mol. The highest BCUT2D eigenvalue weighted by molar-refractivity contribution is 7.25. The van der Waals surface area contributed by atoms with Crippen molar-refractivity contribution in [3.05, 3.63) is 84.0 Å². The molecule has 0 nitrogen and oxygen atoms in total. The minimum Gasteiger partial charge on any atom is -0.135 e. The molecule has 0 unspecified atom stereocenters. The van der Waals surface area contributed by atoms with Gasteiger partial charge in [0.25, 0.3) is 0 Å². The summed E-state index contributed by atoms with van der Waals surface area (Å²) in [6, 6.07) is 15.6. The summed E-state index contributed by atoms with van der Waals surface area (Å²) in [5.74, 6) is 0. The minimum atomic E-state index is 0.267. The molecule has 0 saturated heterocycles. The molecule has 0 aliphatic heterocycles. The van der Waals surface area contributed by atoms with Crippen LogP contribution in [0, 0.1) is 5.41 Å². The van der Waals surface area contributed by atoms with Crippen LogP contribution in [-0.2, 0) is 6.42 Å². The second kappa shape index (κ2) is 7.63. The highest BCUT2D eigenvalue weighted by Gasteiger charge is 2.11. The molecule has 134 valence electrons. The van der Waals surface area contributed by atoms with Crippen molar-refractivity contribution in [1.82, 2.24) is 0 Å². The van der Waals surface area contributed by atoms with E-state index in [4.69, 9.17) is 0 Å². The van der Waals surface area contributed by atoms with Crippen LogP contribution in [-0.4, -0.2) is 0 Å². The third kappa shape index (κ3) is 4.53. The zero-order valence-corrected chi connectivity index (χ0v) is 17.1. The van der Waals surface area contributed by atoms with Gasteiger partial charge in [0, 0.05) is 20.2 Å². The molecular formula is C25H28S. The first-order valence-corrected chi connectivity index (χ1v) is 10.1. The zero-order chi connectivity index (χ0) is 18.7. The van der Waals surface area contributed by atoms with E-state index in [2.05, 4.69) is 95.0 Å². The molecule has 2 aromatic carbocycles. The third-order valence-electron chi connectivity index (χ3n) is 4.38. The van der Waals surface area contributed by atoms with Gasteiger partial charge in [0.05, 0.1) is 0 Å². The summed E-state index contributed by atoms with van der Waals surface area (Å²) in [7, 11) is 0. The maximum Gasteiger partial charge on any atom is 0.0355 e. The first-order valence-electron chi connectivity index (χ1n) is 9.27. The summed E-state index contributed by atoms with van der Waals surface area (Å²) < 4.78 is 2.73. The van der Waals surface area contributed by atoms with Gasteiger partial charge in [-0.2, -0.15) is 0 Å². The van der Waals surface area contributed by atoms with E-state index in [9.17, 15) is 0 Å². The van der Waals surface area contributed by atoms with Gasteiger partial charge in [0.15, 0.2) is 0 Å². The van der Waals surface area contributed by atoms with E-state index in [0.717, 1.165) is 12.8 Å². The van der Waals surface area contributed by atoms with Gasteiger partial charge < -0.3 is 0 Å². The van der Waals surface area contributed by atoms with Crippen LogP contribution < -0.4 is 0 Å². The summed E-state index contributed by atoms with van der Waals surface area (Å²) in [6.07, 6.45) is 8.55. The summed E-state index contributed by atoms with van der Waals surface area (Å²) in [6.45, 7) is 13.1. The van der Waals surface area contributed by atoms with Crippen LogP contribution in [0.4, 0.5) is 0 Å². The molecule has 0 atom stereocenters. The second-order valence-electron chi connectivity index (χ2n) is 8.22. The maximum atomic E-state index is 4.28. The quantitative estimate of drug-likeness (QED) is 0.403. The van der Waals surface area contributed by atoms with E-state index < -0.39 is 0 Å². The summed E-state index contributed by atoms with van der Waals surface area (Å²) in [4.78, 5) is 0. The fraction of sp³-hybridized carbons (Fsp3) is 0.280. The lowest BCUT2D eigenvalue weighted by atomic mass is 9.87. The van der Waals surface area contributed by atoms with Crippen molar-refractivity contribution in [2.24, 2.45) is 5.41 Å². The Balaban J connectivity index is 1.91. The molecule has 1 aromatic heterocycles. The Morgan fingerprint density at radius 3 is 2.50 bits per heavy atom. The summed E-state index contributed by atoms with van der Waals surface area (Å²) in [5.41, 5.74) is 4.14. The van der Waals surface area contributed by atoms with Crippen LogP contribution in [0.3, 0.4) is 0 Å². The van der Waals surface area contributed by atoms with E-state index in [1.807, 2.05) is 11.3 Å². The van der Waals surface area contributed by atoms with Crippen molar-refractivity contribution in [2.45, 2.75) is 40.5 Å². The second-order valence-corrected chi connectivity index (χ2v) is 9.30. The Hall–Kier alpha value is -2.12. The van der Waals surface area contributed by atoms with Crippen molar-refractivity contribution in [1.29, 1.82) is 0 Å². The van der Waals surface area contributed by atoms with Gasteiger partial charge in [-0.1, -0.05) is 75.4 Å². The molecule has 0 aliphatic rings. The molecule has 1 heteroatoms. The lowest BCUT2D eigenvalue weighted by Crippen LogP contribution is -2.05. The maximum absolute atomic E-state index is 4.28. The average Bonchev–Trinajstić information content (AvgIpc) is 2.91. The highest BCUT2D eigenvalue weighted by atomic mass is 32.1. The highest BCUT2D eigenvalue weighted by Crippen LogP contribution is 2.34. The number of benzene rings is 2. The van der Waals surface area contributed by atoms with Gasteiger partial charge in [-0.15, -0.1) is 11.3 Å². The number of rotatable bonds is 5. The SMILES string of the molecule is C=C(/C=C(\C=C/C)Cc1ccc2sc3ccccc3c2c1)CC(C)(C)C. The molecule has 1 heterocycles. The van der Waals surface area contributed by atoms with Gasteiger partial charge in [-0.25, -0.2) is 0 Å². The van der Waals surface area contributed by atoms with Gasteiger partial charge in [-0.3, -0.25) is 0 Å². The van der Waals surface area contributed by atoms with Gasteiger partial charge in [-0.05, 0) is 54.5 Å². The molecule has 0 fully saturated rings. The van der Waals surface area contributed by atoms with Crippen molar-refractivity contribution >= 4 is 31.5 Å². The Kier molecular flexibility index (Phi) is 5.48. The fourth-order valence-electron chi connectivity index (χ4n) is 3.49. The standard InChI is InChI=1S/C25H28S/c1-6-9-19(14-18(2)17-25(3,4)5)15-20-12-13-24-22(16-20)21-10-7-8-11-23(21)26-24/h6-14,16H,2,15,17H2,1,3-5H3/b9-6-,19-14+. The summed E-state index contributed by atoms with van der Waals surface area (Å²) >= 11 is 1.87.